The van der Waals surface area contributed by atoms with E-state index in [1.807, 2.05) is 38.1 Å². The second kappa shape index (κ2) is 8.60. The summed E-state index contributed by atoms with van der Waals surface area (Å²) < 4.78 is 0. The van der Waals surface area contributed by atoms with E-state index < -0.39 is 6.10 Å². The fourth-order valence-corrected chi connectivity index (χ4v) is 1.90. The van der Waals surface area contributed by atoms with Crippen LogP contribution in [0.25, 0.3) is 0 Å². The summed E-state index contributed by atoms with van der Waals surface area (Å²) in [5.74, 6) is 0. The average Bonchev–Trinajstić information content (AvgIpc) is 2.50. The summed E-state index contributed by atoms with van der Waals surface area (Å²) >= 11 is 0. The van der Waals surface area contributed by atoms with Crippen molar-refractivity contribution >= 4 is 0 Å². The molecular formula is C19H27NO. The van der Waals surface area contributed by atoms with Crippen molar-refractivity contribution in [2.24, 2.45) is 5.73 Å². The van der Waals surface area contributed by atoms with E-state index in [-0.39, 0.29) is 6.04 Å². The molecule has 2 rings (SSSR count). The highest BCUT2D eigenvalue weighted by Crippen LogP contribution is 2.16. The first-order valence-electron chi connectivity index (χ1n) is 7.47. The Morgan fingerprint density at radius 1 is 0.810 bits per heavy atom. The molecule has 0 radical (unpaired) electrons. The lowest BCUT2D eigenvalue weighted by Crippen LogP contribution is -2.25. The number of benzene rings is 2. The van der Waals surface area contributed by atoms with Crippen LogP contribution in [0.5, 0.6) is 0 Å². The van der Waals surface area contributed by atoms with Crippen molar-refractivity contribution in [3.8, 4) is 0 Å². The molecule has 2 nitrogen and oxygen atoms in total. The highest BCUT2D eigenvalue weighted by molar-refractivity contribution is 5.24. The number of hydrogen-bond acceptors (Lipinski definition) is 2. The second-order valence-electron chi connectivity index (χ2n) is 5.57. The van der Waals surface area contributed by atoms with E-state index in [0.29, 0.717) is 6.42 Å². The molecule has 0 bridgehead atoms. The maximum absolute atomic E-state index is 9.52. The van der Waals surface area contributed by atoms with Gasteiger partial charge in [0.15, 0.2) is 0 Å². The molecule has 0 aromatic heterocycles. The van der Waals surface area contributed by atoms with Crippen LogP contribution in [-0.2, 0) is 0 Å². The molecular weight excluding hydrogens is 258 g/mol. The molecule has 0 heterocycles. The number of aryl methyl sites for hydroxylation is 3. The van der Waals surface area contributed by atoms with E-state index in [9.17, 15) is 5.11 Å². The van der Waals surface area contributed by atoms with Crippen molar-refractivity contribution in [1.82, 2.24) is 0 Å². The van der Waals surface area contributed by atoms with E-state index in [4.69, 9.17) is 5.73 Å². The van der Waals surface area contributed by atoms with E-state index >= 15 is 0 Å². The summed E-state index contributed by atoms with van der Waals surface area (Å²) in [6.45, 7) is 8.16. The Morgan fingerprint density at radius 2 is 1.14 bits per heavy atom. The Labute approximate surface area is 128 Å². The van der Waals surface area contributed by atoms with Crippen LogP contribution >= 0.6 is 0 Å². The largest absolute Gasteiger partial charge is 0.391 e. The molecule has 0 saturated heterocycles. The summed E-state index contributed by atoms with van der Waals surface area (Å²) in [6, 6.07) is 16.2. The lowest BCUT2D eigenvalue weighted by Gasteiger charge is -2.17. The first kappa shape index (κ1) is 17.4. The third-order valence-corrected chi connectivity index (χ3v) is 3.51. The Bertz CT molecular complexity index is 495. The van der Waals surface area contributed by atoms with Gasteiger partial charge in [-0.15, -0.1) is 0 Å². The van der Waals surface area contributed by atoms with Gasteiger partial charge in [0.25, 0.3) is 0 Å². The van der Waals surface area contributed by atoms with Crippen LogP contribution < -0.4 is 5.73 Å². The molecule has 0 saturated carbocycles. The van der Waals surface area contributed by atoms with Gasteiger partial charge < -0.3 is 10.8 Å². The molecule has 2 atom stereocenters. The standard InChI is InChI=1S/C11H17NO.C8H10/c1-3-10(13)11(12)9-6-4-8(2)5-7-9;1-7-3-5-8(2)6-4-7/h4-7,10-11,13H,3,12H2,1-2H3;3-6H,1-2H3. The van der Waals surface area contributed by atoms with Crippen molar-refractivity contribution in [2.75, 3.05) is 0 Å². The van der Waals surface area contributed by atoms with Crippen molar-refractivity contribution in [3.05, 3.63) is 70.8 Å². The molecule has 0 aliphatic rings. The molecule has 2 aromatic carbocycles. The Kier molecular flexibility index (Phi) is 7.13. The number of aliphatic hydroxyl groups excluding tert-OH is 1. The first-order chi connectivity index (χ1) is 9.93. The molecule has 2 unspecified atom stereocenters. The molecule has 21 heavy (non-hydrogen) atoms. The molecule has 2 heteroatoms. The van der Waals surface area contributed by atoms with Crippen molar-refractivity contribution in [2.45, 2.75) is 46.3 Å². The quantitative estimate of drug-likeness (QED) is 0.893. The van der Waals surface area contributed by atoms with Crippen LogP contribution in [0.1, 0.15) is 41.6 Å². The summed E-state index contributed by atoms with van der Waals surface area (Å²) in [7, 11) is 0. The minimum absolute atomic E-state index is 0.259. The van der Waals surface area contributed by atoms with Crippen LogP contribution in [0.2, 0.25) is 0 Å². The summed E-state index contributed by atoms with van der Waals surface area (Å²) in [5, 5.41) is 9.52. The summed E-state index contributed by atoms with van der Waals surface area (Å²) in [6.07, 6.45) is 0.248. The zero-order valence-electron chi connectivity index (χ0n) is 13.5. The molecule has 2 aromatic rings. The monoisotopic (exact) mass is 285 g/mol. The van der Waals surface area contributed by atoms with E-state index in [0.717, 1.165) is 5.56 Å². The van der Waals surface area contributed by atoms with Crippen LogP contribution in [0.15, 0.2) is 48.5 Å². The highest BCUT2D eigenvalue weighted by Gasteiger charge is 2.13. The molecule has 114 valence electrons. The van der Waals surface area contributed by atoms with Gasteiger partial charge in [-0.1, -0.05) is 72.1 Å². The normalized spacial score (nSPS) is 13.0. The van der Waals surface area contributed by atoms with Crippen LogP contribution in [0.3, 0.4) is 0 Å². The van der Waals surface area contributed by atoms with Gasteiger partial charge in [0.1, 0.15) is 0 Å². The molecule has 0 spiro atoms. The minimum Gasteiger partial charge on any atom is -0.391 e. The number of nitrogens with two attached hydrogens (primary N) is 1. The third-order valence-electron chi connectivity index (χ3n) is 3.51. The topological polar surface area (TPSA) is 46.2 Å². The van der Waals surface area contributed by atoms with Gasteiger partial charge in [-0.25, -0.2) is 0 Å². The number of hydrogen-bond donors (Lipinski definition) is 2. The fourth-order valence-electron chi connectivity index (χ4n) is 1.90. The van der Waals surface area contributed by atoms with Gasteiger partial charge in [0.05, 0.1) is 12.1 Å². The molecule has 0 amide bonds. The summed E-state index contributed by atoms with van der Waals surface area (Å²) in [4.78, 5) is 0. The lowest BCUT2D eigenvalue weighted by atomic mass is 10.00. The molecule has 0 fully saturated rings. The second-order valence-corrected chi connectivity index (χ2v) is 5.57. The van der Waals surface area contributed by atoms with Gasteiger partial charge in [-0.05, 0) is 32.8 Å². The van der Waals surface area contributed by atoms with Crippen LogP contribution in [-0.4, -0.2) is 11.2 Å². The molecule has 3 N–H and O–H groups in total. The Balaban J connectivity index is 0.000000235. The molecule has 0 aliphatic heterocycles. The molecule has 0 aliphatic carbocycles. The Hall–Kier alpha value is -1.64. The van der Waals surface area contributed by atoms with E-state index in [1.165, 1.54) is 16.7 Å². The zero-order valence-corrected chi connectivity index (χ0v) is 13.5. The fraction of sp³-hybridized carbons (Fsp3) is 0.368. The van der Waals surface area contributed by atoms with Gasteiger partial charge in [0.2, 0.25) is 0 Å². The van der Waals surface area contributed by atoms with Gasteiger partial charge in [0, 0.05) is 0 Å². The lowest BCUT2D eigenvalue weighted by molar-refractivity contribution is 0.140. The van der Waals surface area contributed by atoms with Crippen molar-refractivity contribution in [1.29, 1.82) is 0 Å². The average molecular weight is 285 g/mol. The van der Waals surface area contributed by atoms with Crippen molar-refractivity contribution < 1.29 is 5.11 Å². The van der Waals surface area contributed by atoms with Gasteiger partial charge in [-0.2, -0.15) is 0 Å². The van der Waals surface area contributed by atoms with Crippen LogP contribution in [0, 0.1) is 20.8 Å². The summed E-state index contributed by atoms with van der Waals surface area (Å²) in [5.41, 5.74) is 10.7. The maximum Gasteiger partial charge on any atom is 0.0730 e. The van der Waals surface area contributed by atoms with Gasteiger partial charge >= 0.3 is 0 Å². The zero-order chi connectivity index (χ0) is 15.8. The number of aliphatic hydroxyl groups is 1. The third kappa shape index (κ3) is 6.11. The first-order valence-corrected chi connectivity index (χ1v) is 7.47. The SMILES string of the molecule is CCC(O)C(N)c1ccc(C)cc1.Cc1ccc(C)cc1. The predicted molar refractivity (Wildman–Crippen MR) is 90.3 cm³/mol. The highest BCUT2D eigenvalue weighted by atomic mass is 16.3. The smallest absolute Gasteiger partial charge is 0.0730 e. The predicted octanol–water partition coefficient (Wildman–Crippen LogP) is 4.07. The van der Waals surface area contributed by atoms with E-state index in [1.54, 1.807) is 0 Å². The van der Waals surface area contributed by atoms with Gasteiger partial charge in [-0.3, -0.25) is 0 Å². The van der Waals surface area contributed by atoms with E-state index in [2.05, 4.69) is 38.1 Å². The minimum atomic E-state index is -0.442. The van der Waals surface area contributed by atoms with Crippen molar-refractivity contribution in [3.63, 3.8) is 0 Å². The number of rotatable bonds is 3. The maximum atomic E-state index is 9.52. The Morgan fingerprint density at radius 3 is 1.48 bits per heavy atom. The van der Waals surface area contributed by atoms with Crippen LogP contribution in [0.4, 0.5) is 0 Å².